The van der Waals surface area contributed by atoms with Crippen molar-refractivity contribution >= 4 is 22.8 Å². The summed E-state index contributed by atoms with van der Waals surface area (Å²) in [5.74, 6) is 1.53. The monoisotopic (exact) mass is 464 g/mol. The first-order chi connectivity index (χ1) is 17.1. The van der Waals surface area contributed by atoms with Gasteiger partial charge < -0.3 is 20.2 Å². The first kappa shape index (κ1) is 20.7. The SMILES string of the molecule is NC(=O)c1cccc2[nH]c(-c3ccc(C(=O)N4CCn5c(nnc5-c5ccncc5)C4)cc3)nc12. The predicted octanol–water partition coefficient (Wildman–Crippen LogP) is 2.64. The highest BCUT2D eigenvalue weighted by Crippen LogP contribution is 2.25. The molecule has 0 bridgehead atoms. The Labute approximate surface area is 199 Å². The second kappa shape index (κ2) is 8.17. The van der Waals surface area contributed by atoms with E-state index in [0.29, 0.717) is 42.1 Å². The van der Waals surface area contributed by atoms with Crippen LogP contribution in [-0.2, 0) is 13.1 Å². The van der Waals surface area contributed by atoms with Crippen LogP contribution >= 0.6 is 0 Å². The van der Waals surface area contributed by atoms with Crippen molar-refractivity contribution in [3.63, 3.8) is 0 Å². The third-order valence-corrected chi connectivity index (χ3v) is 6.16. The fraction of sp³-hybridized carbons (Fsp3) is 0.120. The second-order valence-corrected chi connectivity index (χ2v) is 8.28. The molecule has 0 saturated heterocycles. The molecule has 3 N–H and O–H groups in total. The summed E-state index contributed by atoms with van der Waals surface area (Å²) in [5, 5.41) is 8.63. The Kier molecular flexibility index (Phi) is 4.84. The Morgan fingerprint density at radius 1 is 0.914 bits per heavy atom. The molecular weight excluding hydrogens is 444 g/mol. The molecule has 10 heteroatoms. The predicted molar refractivity (Wildman–Crippen MR) is 128 cm³/mol. The molecule has 5 aromatic rings. The van der Waals surface area contributed by atoms with Gasteiger partial charge in [0.15, 0.2) is 11.6 Å². The quantitative estimate of drug-likeness (QED) is 0.420. The third-order valence-electron chi connectivity index (χ3n) is 6.16. The molecule has 0 fully saturated rings. The minimum absolute atomic E-state index is 0.0723. The van der Waals surface area contributed by atoms with Gasteiger partial charge in [-0.05, 0) is 36.4 Å². The lowest BCUT2D eigenvalue weighted by Gasteiger charge is -2.28. The smallest absolute Gasteiger partial charge is 0.254 e. The molecule has 2 amide bonds. The van der Waals surface area contributed by atoms with Gasteiger partial charge in [-0.25, -0.2) is 4.98 Å². The lowest BCUT2D eigenvalue weighted by molar-refractivity contribution is 0.0708. The van der Waals surface area contributed by atoms with Crippen LogP contribution in [0.1, 0.15) is 26.5 Å². The van der Waals surface area contributed by atoms with Crippen LogP contribution in [0.25, 0.3) is 33.8 Å². The van der Waals surface area contributed by atoms with Crippen LogP contribution in [0.2, 0.25) is 0 Å². The Morgan fingerprint density at radius 2 is 1.71 bits per heavy atom. The number of nitrogens with two attached hydrogens (primary N) is 1. The number of imidazole rings is 1. The molecular formula is C25H20N8O2. The number of H-pyrrole nitrogens is 1. The van der Waals surface area contributed by atoms with Crippen molar-refractivity contribution in [1.82, 2.24) is 34.6 Å². The van der Waals surface area contributed by atoms with Gasteiger partial charge in [-0.1, -0.05) is 18.2 Å². The molecule has 172 valence electrons. The summed E-state index contributed by atoms with van der Waals surface area (Å²) < 4.78 is 2.05. The third kappa shape index (κ3) is 3.61. The summed E-state index contributed by atoms with van der Waals surface area (Å²) in [6.45, 7) is 1.56. The minimum Gasteiger partial charge on any atom is -0.366 e. The van der Waals surface area contributed by atoms with Crippen LogP contribution in [0.3, 0.4) is 0 Å². The van der Waals surface area contributed by atoms with Crippen molar-refractivity contribution in [3.8, 4) is 22.8 Å². The number of primary amides is 1. The maximum absolute atomic E-state index is 13.2. The summed E-state index contributed by atoms with van der Waals surface area (Å²) in [6, 6.07) is 16.3. The van der Waals surface area contributed by atoms with Gasteiger partial charge in [0.25, 0.3) is 11.8 Å². The van der Waals surface area contributed by atoms with E-state index in [2.05, 4.69) is 25.1 Å². The fourth-order valence-electron chi connectivity index (χ4n) is 4.37. The molecule has 10 nitrogen and oxygen atoms in total. The van der Waals surface area contributed by atoms with Crippen LogP contribution in [0.4, 0.5) is 0 Å². The van der Waals surface area contributed by atoms with Gasteiger partial charge in [-0.15, -0.1) is 10.2 Å². The van der Waals surface area contributed by atoms with Crippen molar-refractivity contribution in [3.05, 3.63) is 83.9 Å². The number of hydrogen-bond donors (Lipinski definition) is 2. The first-order valence-corrected chi connectivity index (χ1v) is 11.1. The largest absolute Gasteiger partial charge is 0.366 e. The number of benzene rings is 2. The molecule has 2 aromatic carbocycles. The number of nitrogens with zero attached hydrogens (tertiary/aromatic N) is 6. The molecule has 3 aromatic heterocycles. The number of carbonyl (C=O) groups is 2. The zero-order valence-electron chi connectivity index (χ0n) is 18.5. The molecule has 0 atom stereocenters. The summed E-state index contributed by atoms with van der Waals surface area (Å²) in [4.78, 5) is 38.5. The van der Waals surface area contributed by atoms with Crippen molar-refractivity contribution in [2.45, 2.75) is 13.1 Å². The fourth-order valence-corrected chi connectivity index (χ4v) is 4.37. The number of aromatic amines is 1. The van der Waals surface area contributed by atoms with E-state index in [1.807, 2.05) is 34.9 Å². The number of carbonyl (C=O) groups excluding carboxylic acids is 2. The molecule has 0 radical (unpaired) electrons. The van der Waals surface area contributed by atoms with E-state index >= 15 is 0 Å². The van der Waals surface area contributed by atoms with Gasteiger partial charge >= 0.3 is 0 Å². The Bertz CT molecular complexity index is 1570. The van der Waals surface area contributed by atoms with E-state index < -0.39 is 5.91 Å². The van der Waals surface area contributed by atoms with Crippen molar-refractivity contribution in [1.29, 1.82) is 0 Å². The number of aromatic nitrogens is 6. The Morgan fingerprint density at radius 3 is 2.49 bits per heavy atom. The summed E-state index contributed by atoms with van der Waals surface area (Å²) >= 11 is 0. The van der Waals surface area contributed by atoms with Gasteiger partial charge in [-0.2, -0.15) is 0 Å². The Hall–Kier alpha value is -4.86. The van der Waals surface area contributed by atoms with Crippen LogP contribution in [0.15, 0.2) is 67.0 Å². The number of pyridine rings is 1. The maximum atomic E-state index is 13.2. The van der Waals surface area contributed by atoms with Crippen LogP contribution < -0.4 is 5.73 Å². The number of para-hydroxylation sites is 1. The molecule has 0 aliphatic carbocycles. The molecule has 1 aliphatic heterocycles. The van der Waals surface area contributed by atoms with E-state index in [1.165, 1.54) is 0 Å². The molecule has 0 unspecified atom stereocenters. The number of fused-ring (bicyclic) bond motifs is 2. The molecule has 0 spiro atoms. The van der Waals surface area contributed by atoms with Crippen LogP contribution in [0, 0.1) is 0 Å². The molecule has 6 rings (SSSR count). The summed E-state index contributed by atoms with van der Waals surface area (Å²) in [5.41, 5.74) is 9.40. The molecule has 0 saturated carbocycles. The number of nitrogens with one attached hydrogen (secondary N) is 1. The van der Waals surface area contributed by atoms with Gasteiger partial charge in [-0.3, -0.25) is 14.6 Å². The highest BCUT2D eigenvalue weighted by Gasteiger charge is 2.26. The minimum atomic E-state index is -0.528. The van der Waals surface area contributed by atoms with E-state index in [4.69, 9.17) is 5.73 Å². The lowest BCUT2D eigenvalue weighted by Crippen LogP contribution is -2.38. The topological polar surface area (TPSA) is 136 Å². The van der Waals surface area contributed by atoms with Gasteiger partial charge in [0.1, 0.15) is 11.3 Å². The molecule has 35 heavy (non-hydrogen) atoms. The highest BCUT2D eigenvalue weighted by molar-refractivity contribution is 6.04. The van der Waals surface area contributed by atoms with E-state index in [-0.39, 0.29) is 5.91 Å². The van der Waals surface area contributed by atoms with Crippen molar-refractivity contribution in [2.24, 2.45) is 5.73 Å². The van der Waals surface area contributed by atoms with Gasteiger partial charge in [0, 0.05) is 42.2 Å². The zero-order valence-corrected chi connectivity index (χ0v) is 18.5. The molecule has 1 aliphatic rings. The van der Waals surface area contributed by atoms with E-state index in [1.54, 1.807) is 41.6 Å². The average Bonchev–Trinajstić information content (AvgIpc) is 3.53. The van der Waals surface area contributed by atoms with Gasteiger partial charge in [0.05, 0.1) is 17.6 Å². The maximum Gasteiger partial charge on any atom is 0.254 e. The first-order valence-electron chi connectivity index (χ1n) is 11.1. The van der Waals surface area contributed by atoms with Gasteiger partial charge in [0.2, 0.25) is 0 Å². The van der Waals surface area contributed by atoms with Crippen molar-refractivity contribution in [2.75, 3.05) is 6.54 Å². The van der Waals surface area contributed by atoms with E-state index in [0.717, 1.165) is 28.3 Å². The second-order valence-electron chi connectivity index (χ2n) is 8.28. The zero-order chi connectivity index (χ0) is 23.9. The van der Waals surface area contributed by atoms with Crippen molar-refractivity contribution < 1.29 is 9.59 Å². The lowest BCUT2D eigenvalue weighted by atomic mass is 10.1. The normalized spacial score (nSPS) is 13.1. The molecule has 4 heterocycles. The number of hydrogen-bond acceptors (Lipinski definition) is 6. The number of rotatable bonds is 4. The summed E-state index contributed by atoms with van der Waals surface area (Å²) in [6.07, 6.45) is 3.45. The van der Waals surface area contributed by atoms with Crippen LogP contribution in [-0.4, -0.2) is 53.0 Å². The Balaban J connectivity index is 1.22. The standard InChI is InChI=1S/C25H20N8O2/c26-22(34)18-2-1-3-19-21(18)29-23(28-19)15-4-6-17(7-5-15)25(35)32-12-13-33-20(14-32)30-31-24(33)16-8-10-27-11-9-16/h1-11H,12-14H2,(H2,26,34)(H,28,29). The van der Waals surface area contributed by atoms with Crippen LogP contribution in [0.5, 0.6) is 0 Å². The average molecular weight is 464 g/mol. The highest BCUT2D eigenvalue weighted by atomic mass is 16.2. The van der Waals surface area contributed by atoms with E-state index in [9.17, 15) is 9.59 Å². The number of amides is 2. The summed E-state index contributed by atoms with van der Waals surface area (Å²) in [7, 11) is 0.